The zero-order valence-corrected chi connectivity index (χ0v) is 10.3. The molecule has 2 N–H and O–H groups in total. The Labute approximate surface area is 109 Å². The number of rotatable bonds is 3. The van der Waals surface area contributed by atoms with Gasteiger partial charge in [0, 0.05) is 19.0 Å². The minimum atomic E-state index is -4.34. The normalized spacial score (nSPS) is 16.3. The fourth-order valence-electron chi connectivity index (χ4n) is 2.02. The van der Waals surface area contributed by atoms with Gasteiger partial charge in [-0.3, -0.25) is 4.79 Å². The fraction of sp³-hybridized carbons (Fsp3) is 0.462. The van der Waals surface area contributed by atoms with Gasteiger partial charge < -0.3 is 10.6 Å². The van der Waals surface area contributed by atoms with Gasteiger partial charge in [-0.25, -0.2) is 0 Å². The second-order valence-corrected chi connectivity index (χ2v) is 4.77. The van der Waals surface area contributed by atoms with E-state index in [0.29, 0.717) is 31.1 Å². The Bertz CT molecular complexity index is 450. The molecule has 1 aliphatic heterocycles. The molecule has 19 heavy (non-hydrogen) atoms. The van der Waals surface area contributed by atoms with Crippen LogP contribution >= 0.6 is 0 Å². The molecule has 0 spiro atoms. The molecule has 0 atom stereocenters. The third-order valence-corrected chi connectivity index (χ3v) is 3.28. The number of carbonyl (C=O) groups excluding carboxylic acids is 1. The van der Waals surface area contributed by atoms with Crippen molar-refractivity contribution in [2.24, 2.45) is 11.7 Å². The van der Waals surface area contributed by atoms with Gasteiger partial charge >= 0.3 is 6.18 Å². The van der Waals surface area contributed by atoms with E-state index in [1.165, 1.54) is 12.1 Å². The molecule has 1 aromatic carbocycles. The molecule has 0 radical (unpaired) electrons. The maximum absolute atomic E-state index is 12.4. The summed E-state index contributed by atoms with van der Waals surface area (Å²) in [7, 11) is 0. The summed E-state index contributed by atoms with van der Waals surface area (Å²) in [6.07, 6.45) is -4.20. The van der Waals surface area contributed by atoms with Crippen molar-refractivity contribution in [1.29, 1.82) is 0 Å². The Morgan fingerprint density at radius 1 is 1.26 bits per heavy atom. The van der Waals surface area contributed by atoms with Crippen LogP contribution in [0, 0.1) is 5.92 Å². The number of hydrogen-bond acceptors (Lipinski definition) is 2. The summed E-state index contributed by atoms with van der Waals surface area (Å²) in [4.78, 5) is 13.5. The van der Waals surface area contributed by atoms with Crippen molar-refractivity contribution in [1.82, 2.24) is 4.90 Å². The van der Waals surface area contributed by atoms with Crippen LogP contribution in [0.25, 0.3) is 0 Å². The van der Waals surface area contributed by atoms with Gasteiger partial charge in [0.1, 0.15) is 0 Å². The summed E-state index contributed by atoms with van der Waals surface area (Å²) in [5.74, 6) is 0.293. The molecule has 104 valence electrons. The smallest absolute Gasteiger partial charge is 0.342 e. The summed E-state index contributed by atoms with van der Waals surface area (Å²) in [5, 5.41) is 0. The Morgan fingerprint density at radius 3 is 2.32 bits per heavy atom. The van der Waals surface area contributed by atoms with Crippen molar-refractivity contribution in [3.8, 4) is 0 Å². The molecule has 1 fully saturated rings. The molecule has 1 saturated heterocycles. The Hall–Kier alpha value is -1.56. The van der Waals surface area contributed by atoms with E-state index in [1.807, 2.05) is 0 Å². The lowest BCUT2D eigenvalue weighted by Gasteiger charge is -2.38. The second kappa shape index (κ2) is 5.21. The lowest BCUT2D eigenvalue weighted by molar-refractivity contribution is -0.137. The van der Waals surface area contributed by atoms with E-state index in [2.05, 4.69) is 0 Å². The molecule has 1 amide bonds. The van der Waals surface area contributed by atoms with Crippen LogP contribution in [0.5, 0.6) is 0 Å². The van der Waals surface area contributed by atoms with E-state index in [1.54, 1.807) is 4.90 Å². The fourth-order valence-corrected chi connectivity index (χ4v) is 2.02. The topological polar surface area (TPSA) is 46.3 Å². The number of benzene rings is 1. The monoisotopic (exact) mass is 272 g/mol. The molecule has 0 bridgehead atoms. The Kier molecular flexibility index (Phi) is 3.80. The molecule has 6 heteroatoms. The molecule has 1 heterocycles. The third-order valence-electron chi connectivity index (χ3n) is 3.28. The average molecular weight is 272 g/mol. The number of alkyl halides is 3. The lowest BCUT2D eigenvalue weighted by Crippen LogP contribution is -2.53. The van der Waals surface area contributed by atoms with Crippen molar-refractivity contribution in [2.75, 3.05) is 19.6 Å². The summed E-state index contributed by atoms with van der Waals surface area (Å²) in [6, 6.07) is 4.70. The van der Waals surface area contributed by atoms with Gasteiger partial charge in [-0.1, -0.05) is 12.1 Å². The highest BCUT2D eigenvalue weighted by Crippen LogP contribution is 2.29. The summed E-state index contributed by atoms with van der Waals surface area (Å²) in [5.41, 5.74) is 5.36. The maximum Gasteiger partial charge on any atom is 0.416 e. The van der Waals surface area contributed by atoms with Gasteiger partial charge in [0.05, 0.1) is 12.0 Å². The van der Waals surface area contributed by atoms with Gasteiger partial charge in [0.15, 0.2) is 0 Å². The third kappa shape index (κ3) is 3.26. The van der Waals surface area contributed by atoms with Crippen LogP contribution in [-0.2, 0) is 17.4 Å². The van der Waals surface area contributed by atoms with Crippen LogP contribution in [0.4, 0.5) is 13.2 Å². The molecule has 0 unspecified atom stereocenters. The molecule has 0 aliphatic carbocycles. The number of nitrogens with zero attached hydrogens (tertiary/aromatic N) is 1. The van der Waals surface area contributed by atoms with Crippen molar-refractivity contribution in [2.45, 2.75) is 12.6 Å². The van der Waals surface area contributed by atoms with E-state index >= 15 is 0 Å². The Balaban J connectivity index is 1.91. The van der Waals surface area contributed by atoms with E-state index < -0.39 is 11.7 Å². The standard InChI is InChI=1S/C13H15F3N2O/c14-13(15,16)11-3-1-9(2-4-11)5-12(19)18-7-10(6-17)8-18/h1-4,10H,5-8,17H2. The number of halogens is 3. The highest BCUT2D eigenvalue weighted by atomic mass is 19.4. The molecule has 1 aromatic rings. The van der Waals surface area contributed by atoms with Crippen LogP contribution in [0.3, 0.4) is 0 Å². The molecule has 0 aromatic heterocycles. The van der Waals surface area contributed by atoms with E-state index in [9.17, 15) is 18.0 Å². The molecule has 1 aliphatic rings. The second-order valence-electron chi connectivity index (χ2n) is 4.77. The molecular formula is C13H15F3N2O. The Morgan fingerprint density at radius 2 is 1.84 bits per heavy atom. The zero-order chi connectivity index (χ0) is 14.0. The van der Waals surface area contributed by atoms with Gasteiger partial charge in [-0.15, -0.1) is 0 Å². The summed E-state index contributed by atoms with van der Waals surface area (Å²) >= 11 is 0. The number of nitrogens with two attached hydrogens (primary N) is 1. The highest BCUT2D eigenvalue weighted by Gasteiger charge is 2.31. The number of amides is 1. The minimum absolute atomic E-state index is 0.0653. The quantitative estimate of drug-likeness (QED) is 0.909. The maximum atomic E-state index is 12.4. The average Bonchev–Trinajstić information content (AvgIpc) is 2.27. The van der Waals surface area contributed by atoms with Crippen molar-refractivity contribution in [3.63, 3.8) is 0 Å². The predicted octanol–water partition coefficient (Wildman–Crippen LogP) is 1.67. The minimum Gasteiger partial charge on any atom is -0.342 e. The van der Waals surface area contributed by atoms with E-state index in [0.717, 1.165) is 12.1 Å². The van der Waals surface area contributed by atoms with Crippen LogP contribution in [0.2, 0.25) is 0 Å². The SMILES string of the molecule is NCC1CN(C(=O)Cc2ccc(C(F)(F)F)cc2)C1. The first-order valence-corrected chi connectivity index (χ1v) is 6.04. The first kappa shape index (κ1) is 13.9. The molecule has 3 nitrogen and oxygen atoms in total. The van der Waals surface area contributed by atoms with E-state index in [-0.39, 0.29) is 12.3 Å². The van der Waals surface area contributed by atoms with Gasteiger partial charge in [-0.2, -0.15) is 13.2 Å². The molecular weight excluding hydrogens is 257 g/mol. The lowest BCUT2D eigenvalue weighted by atomic mass is 9.99. The van der Waals surface area contributed by atoms with Gasteiger partial charge in [0.2, 0.25) is 5.91 Å². The van der Waals surface area contributed by atoms with Crippen LogP contribution in [0.1, 0.15) is 11.1 Å². The van der Waals surface area contributed by atoms with Gasteiger partial charge in [-0.05, 0) is 24.2 Å². The number of carbonyl (C=O) groups is 1. The van der Waals surface area contributed by atoms with Crippen LogP contribution in [-0.4, -0.2) is 30.4 Å². The molecule has 0 saturated carbocycles. The highest BCUT2D eigenvalue weighted by molar-refractivity contribution is 5.79. The number of likely N-dealkylation sites (tertiary alicyclic amines) is 1. The first-order chi connectivity index (χ1) is 8.90. The summed E-state index contributed by atoms with van der Waals surface area (Å²) < 4.78 is 37.1. The first-order valence-electron chi connectivity index (χ1n) is 6.04. The van der Waals surface area contributed by atoms with E-state index in [4.69, 9.17) is 5.73 Å². The van der Waals surface area contributed by atoms with Crippen molar-refractivity contribution < 1.29 is 18.0 Å². The van der Waals surface area contributed by atoms with Gasteiger partial charge in [0.25, 0.3) is 0 Å². The number of hydrogen-bond donors (Lipinski definition) is 1. The summed E-state index contributed by atoms with van der Waals surface area (Å²) in [6.45, 7) is 1.86. The zero-order valence-electron chi connectivity index (χ0n) is 10.3. The van der Waals surface area contributed by atoms with Crippen LogP contribution in [0.15, 0.2) is 24.3 Å². The molecule has 2 rings (SSSR count). The predicted molar refractivity (Wildman–Crippen MR) is 64.3 cm³/mol. The van der Waals surface area contributed by atoms with Crippen molar-refractivity contribution in [3.05, 3.63) is 35.4 Å². The largest absolute Gasteiger partial charge is 0.416 e. The van der Waals surface area contributed by atoms with Crippen LogP contribution < -0.4 is 5.73 Å². The van der Waals surface area contributed by atoms with Crippen molar-refractivity contribution >= 4 is 5.91 Å².